The van der Waals surface area contributed by atoms with Crippen molar-refractivity contribution in [2.24, 2.45) is 0 Å². The lowest BCUT2D eigenvalue weighted by Gasteiger charge is -2.33. The molecule has 1 unspecified atom stereocenters. The van der Waals surface area contributed by atoms with Crippen molar-refractivity contribution in [3.63, 3.8) is 0 Å². The van der Waals surface area contributed by atoms with Gasteiger partial charge in [-0.25, -0.2) is 8.42 Å². The maximum atomic E-state index is 14.0. The van der Waals surface area contributed by atoms with Gasteiger partial charge in [0, 0.05) is 23.1 Å². The number of carbonyl (C=O) groups excluding carboxylic acids is 2. The molecular formula is C28H31Cl2N3O4S. The molecule has 0 radical (unpaired) electrons. The first-order chi connectivity index (χ1) is 18.1. The SMILES string of the molecule is CCNC(=O)C(CC)N(Cc1ccc(Cl)cc1Cl)C(=O)CN(c1ccccc1C)S(=O)(=O)c1ccccc1. The Bertz CT molecular complexity index is 1380. The first kappa shape index (κ1) is 29.5. The smallest absolute Gasteiger partial charge is 0.264 e. The molecule has 3 aromatic carbocycles. The number of hydrogen-bond donors (Lipinski definition) is 1. The number of likely N-dealkylation sites (N-methyl/N-ethyl adjacent to an activating group) is 1. The van der Waals surface area contributed by atoms with Crippen LogP contribution in [0, 0.1) is 6.92 Å². The molecule has 0 aliphatic carbocycles. The van der Waals surface area contributed by atoms with Crippen molar-refractivity contribution in [1.29, 1.82) is 0 Å². The number of anilines is 1. The maximum absolute atomic E-state index is 14.0. The van der Waals surface area contributed by atoms with Crippen LogP contribution < -0.4 is 9.62 Å². The molecule has 0 aliphatic heterocycles. The summed E-state index contributed by atoms with van der Waals surface area (Å²) in [4.78, 5) is 28.4. The van der Waals surface area contributed by atoms with Crippen molar-refractivity contribution in [2.45, 2.75) is 44.7 Å². The van der Waals surface area contributed by atoms with Crippen LogP contribution in [0.3, 0.4) is 0 Å². The number of nitrogens with one attached hydrogen (secondary N) is 1. The molecule has 3 aromatic rings. The zero-order chi connectivity index (χ0) is 27.9. The number of nitrogens with zero attached hydrogens (tertiary/aromatic N) is 2. The number of sulfonamides is 1. The number of hydrogen-bond acceptors (Lipinski definition) is 4. The molecule has 0 aliphatic rings. The summed E-state index contributed by atoms with van der Waals surface area (Å²) in [6.45, 7) is 5.24. The van der Waals surface area contributed by atoms with Gasteiger partial charge >= 0.3 is 0 Å². The Kier molecular flexibility index (Phi) is 10.2. The van der Waals surface area contributed by atoms with Crippen molar-refractivity contribution in [3.05, 3.63) is 94.0 Å². The second-order valence-corrected chi connectivity index (χ2v) is 11.4. The molecule has 0 saturated carbocycles. The second kappa shape index (κ2) is 13.1. The van der Waals surface area contributed by atoms with Gasteiger partial charge in [0.1, 0.15) is 12.6 Å². The molecule has 0 heterocycles. The van der Waals surface area contributed by atoms with Gasteiger partial charge in [0.2, 0.25) is 11.8 Å². The molecule has 7 nitrogen and oxygen atoms in total. The zero-order valence-electron chi connectivity index (χ0n) is 21.5. The fourth-order valence-electron chi connectivity index (χ4n) is 4.12. The first-order valence-corrected chi connectivity index (χ1v) is 14.4. The number of carbonyl (C=O) groups is 2. The zero-order valence-corrected chi connectivity index (χ0v) is 23.9. The van der Waals surface area contributed by atoms with Crippen LogP contribution in [0.1, 0.15) is 31.4 Å². The molecule has 0 bridgehead atoms. The molecule has 1 atom stereocenters. The predicted molar refractivity (Wildman–Crippen MR) is 152 cm³/mol. The van der Waals surface area contributed by atoms with E-state index >= 15 is 0 Å². The molecular weight excluding hydrogens is 545 g/mol. The molecule has 0 spiro atoms. The second-order valence-electron chi connectivity index (χ2n) is 8.69. The Labute approximate surface area is 234 Å². The first-order valence-electron chi connectivity index (χ1n) is 12.2. The van der Waals surface area contributed by atoms with Gasteiger partial charge in [-0.3, -0.25) is 13.9 Å². The summed E-state index contributed by atoms with van der Waals surface area (Å²) >= 11 is 12.5. The Balaban J connectivity index is 2.08. The van der Waals surface area contributed by atoms with Gasteiger partial charge in [0.25, 0.3) is 10.0 Å². The minimum absolute atomic E-state index is 0.00251. The van der Waals surface area contributed by atoms with Crippen molar-refractivity contribution in [1.82, 2.24) is 10.2 Å². The van der Waals surface area contributed by atoms with Gasteiger partial charge in [0.05, 0.1) is 10.6 Å². The Morgan fingerprint density at radius 1 is 0.947 bits per heavy atom. The fourth-order valence-corrected chi connectivity index (χ4v) is 6.09. The van der Waals surface area contributed by atoms with Crippen LogP contribution in [0.4, 0.5) is 5.69 Å². The van der Waals surface area contributed by atoms with Gasteiger partial charge < -0.3 is 10.2 Å². The van der Waals surface area contributed by atoms with Gasteiger partial charge in [-0.1, -0.05) is 72.6 Å². The van der Waals surface area contributed by atoms with E-state index in [1.54, 1.807) is 81.4 Å². The molecule has 202 valence electrons. The maximum Gasteiger partial charge on any atom is 0.264 e. The largest absolute Gasteiger partial charge is 0.355 e. The molecule has 10 heteroatoms. The van der Waals surface area contributed by atoms with E-state index < -0.39 is 28.5 Å². The third-order valence-electron chi connectivity index (χ3n) is 6.09. The molecule has 0 saturated heterocycles. The van der Waals surface area contributed by atoms with Gasteiger partial charge in [0.15, 0.2) is 0 Å². The Morgan fingerprint density at radius 3 is 2.21 bits per heavy atom. The molecule has 1 N–H and O–H groups in total. The Morgan fingerprint density at radius 2 is 1.61 bits per heavy atom. The molecule has 0 fully saturated rings. The molecule has 38 heavy (non-hydrogen) atoms. The van der Waals surface area contributed by atoms with E-state index in [2.05, 4.69) is 5.32 Å². The Hall–Kier alpha value is -3.07. The van der Waals surface area contributed by atoms with Crippen molar-refractivity contribution < 1.29 is 18.0 Å². The number of rotatable bonds is 11. The van der Waals surface area contributed by atoms with E-state index in [9.17, 15) is 18.0 Å². The summed E-state index contributed by atoms with van der Waals surface area (Å²) in [7, 11) is -4.11. The van der Waals surface area contributed by atoms with Crippen LogP contribution in [0.15, 0.2) is 77.7 Å². The van der Waals surface area contributed by atoms with Crippen LogP contribution in [0.5, 0.6) is 0 Å². The fraction of sp³-hybridized carbons (Fsp3) is 0.286. The van der Waals surface area contributed by atoms with Crippen LogP contribution in [-0.4, -0.2) is 44.3 Å². The summed E-state index contributed by atoms with van der Waals surface area (Å²) in [5.74, 6) is -0.876. The van der Waals surface area contributed by atoms with E-state index in [1.165, 1.54) is 17.0 Å². The van der Waals surface area contributed by atoms with Gasteiger partial charge in [-0.2, -0.15) is 0 Å². The van der Waals surface area contributed by atoms with Crippen LogP contribution in [-0.2, 0) is 26.2 Å². The lowest BCUT2D eigenvalue weighted by atomic mass is 10.1. The number of halogens is 2. The normalized spacial score (nSPS) is 12.0. The van der Waals surface area contributed by atoms with Crippen LogP contribution in [0.2, 0.25) is 10.0 Å². The number of benzene rings is 3. The van der Waals surface area contributed by atoms with Crippen LogP contribution in [0.25, 0.3) is 0 Å². The quantitative estimate of drug-likeness (QED) is 0.330. The topological polar surface area (TPSA) is 86.8 Å². The van der Waals surface area contributed by atoms with E-state index in [-0.39, 0.29) is 17.3 Å². The van der Waals surface area contributed by atoms with Gasteiger partial charge in [-0.15, -0.1) is 0 Å². The number of para-hydroxylation sites is 1. The molecule has 3 rings (SSSR count). The standard InChI is InChI=1S/C28H31Cl2N3O4S/c1-4-25(28(35)31-5-2)32(18-21-15-16-22(29)17-24(21)30)27(34)19-33(26-14-10-9-11-20(26)3)38(36,37)23-12-7-6-8-13-23/h6-17,25H,4-5,18-19H2,1-3H3,(H,31,35). The summed E-state index contributed by atoms with van der Waals surface area (Å²) in [6.07, 6.45) is 0.318. The third kappa shape index (κ3) is 6.87. The lowest BCUT2D eigenvalue weighted by molar-refractivity contribution is -0.140. The minimum Gasteiger partial charge on any atom is -0.355 e. The summed E-state index contributed by atoms with van der Waals surface area (Å²) in [5, 5.41) is 3.55. The highest BCUT2D eigenvalue weighted by molar-refractivity contribution is 7.92. The highest BCUT2D eigenvalue weighted by Gasteiger charge is 2.34. The van der Waals surface area contributed by atoms with E-state index in [1.807, 2.05) is 0 Å². The number of aryl methyl sites for hydroxylation is 1. The highest BCUT2D eigenvalue weighted by atomic mass is 35.5. The summed E-state index contributed by atoms with van der Waals surface area (Å²) in [5.41, 5.74) is 1.64. The number of amides is 2. The predicted octanol–water partition coefficient (Wildman–Crippen LogP) is 5.44. The average molecular weight is 577 g/mol. The average Bonchev–Trinajstić information content (AvgIpc) is 2.89. The van der Waals surface area contributed by atoms with E-state index in [4.69, 9.17) is 23.2 Å². The summed E-state index contributed by atoms with van der Waals surface area (Å²) in [6, 6.07) is 19.0. The van der Waals surface area contributed by atoms with Crippen molar-refractivity contribution >= 4 is 50.7 Å². The van der Waals surface area contributed by atoms with Gasteiger partial charge in [-0.05, 0) is 61.7 Å². The van der Waals surface area contributed by atoms with E-state index in [0.29, 0.717) is 39.8 Å². The van der Waals surface area contributed by atoms with Crippen molar-refractivity contribution in [3.8, 4) is 0 Å². The lowest BCUT2D eigenvalue weighted by Crippen LogP contribution is -2.52. The van der Waals surface area contributed by atoms with E-state index in [0.717, 1.165) is 4.31 Å². The molecule has 2 amide bonds. The minimum atomic E-state index is -4.11. The summed E-state index contributed by atoms with van der Waals surface area (Å²) < 4.78 is 28.7. The van der Waals surface area contributed by atoms with Crippen LogP contribution >= 0.6 is 23.2 Å². The molecule has 0 aromatic heterocycles. The monoisotopic (exact) mass is 575 g/mol. The third-order valence-corrected chi connectivity index (χ3v) is 8.45. The highest BCUT2D eigenvalue weighted by Crippen LogP contribution is 2.28. The van der Waals surface area contributed by atoms with Crippen molar-refractivity contribution in [2.75, 3.05) is 17.4 Å².